The number of rotatable bonds is 2. The molecule has 2 N–H and O–H groups in total. The quantitative estimate of drug-likeness (QED) is 0.447. The topological polar surface area (TPSA) is 57.5 Å². The summed E-state index contributed by atoms with van der Waals surface area (Å²) in [5, 5.41) is 22.6. The summed E-state index contributed by atoms with van der Waals surface area (Å²) in [6, 6.07) is 0. The highest BCUT2D eigenvalue weighted by molar-refractivity contribution is 6.29. The molecular weight excluding hydrogens is 403 g/mol. The molecule has 0 unspecified atom stereocenters. The van der Waals surface area contributed by atoms with Gasteiger partial charge in [0, 0.05) is 16.7 Å². The molecule has 0 radical (unpaired) electrons. The molecule has 5 heteroatoms. The van der Waals surface area contributed by atoms with Gasteiger partial charge in [0.25, 0.3) is 0 Å². The van der Waals surface area contributed by atoms with Gasteiger partial charge in [-0.3, -0.25) is 4.79 Å². The van der Waals surface area contributed by atoms with Crippen LogP contribution in [0.1, 0.15) is 73.1 Å². The number of carbonyl (C=O) groups is 1. The second-order valence-corrected chi connectivity index (χ2v) is 10.7. The summed E-state index contributed by atoms with van der Waals surface area (Å²) in [5.74, 6) is -1.53. The predicted molar refractivity (Wildman–Crippen MR) is 119 cm³/mol. The molecule has 0 aromatic heterocycles. The minimum atomic E-state index is -1.78. The van der Waals surface area contributed by atoms with Crippen molar-refractivity contribution in [2.24, 2.45) is 28.6 Å². The SMILES string of the molecule is CCC.C[C@H]1C[C@H]2[C@@H]3CCC4=CCC=C[C@]4(C)[C@@]3(F)[C@@H](O)C[C@]2(C)[C@@]1(O)C(=O)CCl. The zero-order chi connectivity index (χ0) is 22.5. The third-order valence-corrected chi connectivity index (χ3v) is 9.07. The number of allylic oxidation sites excluding steroid dienone is 4. The molecule has 170 valence electrons. The second-order valence-electron chi connectivity index (χ2n) is 10.4. The van der Waals surface area contributed by atoms with Gasteiger partial charge in [0.1, 0.15) is 5.60 Å². The minimum Gasteiger partial charge on any atom is -0.390 e. The van der Waals surface area contributed by atoms with Gasteiger partial charge in [-0.25, -0.2) is 4.39 Å². The fourth-order valence-electron chi connectivity index (χ4n) is 7.38. The van der Waals surface area contributed by atoms with Crippen molar-refractivity contribution in [3.63, 3.8) is 0 Å². The number of aliphatic hydroxyl groups is 2. The summed E-state index contributed by atoms with van der Waals surface area (Å²) < 4.78 is 16.9. The van der Waals surface area contributed by atoms with Crippen LogP contribution in [0, 0.1) is 28.6 Å². The first kappa shape index (κ1) is 23.9. The molecule has 0 aromatic rings. The lowest BCUT2D eigenvalue weighted by molar-refractivity contribution is -0.218. The smallest absolute Gasteiger partial charge is 0.179 e. The maximum Gasteiger partial charge on any atom is 0.179 e. The Morgan fingerprint density at radius 2 is 1.93 bits per heavy atom. The second kappa shape index (κ2) is 8.01. The number of fused-ring (bicyclic) bond motifs is 5. The Hall–Kier alpha value is -0.710. The monoisotopic (exact) mass is 440 g/mol. The van der Waals surface area contributed by atoms with Crippen molar-refractivity contribution >= 4 is 17.4 Å². The number of ketones is 1. The first-order valence-corrected chi connectivity index (χ1v) is 12.1. The van der Waals surface area contributed by atoms with Gasteiger partial charge in [0.05, 0.1) is 12.0 Å². The normalized spacial score (nSPS) is 49.2. The number of hydrogen-bond donors (Lipinski definition) is 2. The van der Waals surface area contributed by atoms with Gasteiger partial charge >= 0.3 is 0 Å². The lowest BCUT2D eigenvalue weighted by Crippen LogP contribution is -2.69. The standard InChI is InChI=1S/C22H30ClFO3.C3H8/c1-13-10-16-15-8-7-14-6-4-5-9-19(14,2)21(15,24)17(25)11-20(16,3)22(13,27)18(26)12-23;1-3-2/h5-6,9,13,15-17,25,27H,4,7-8,10-12H2,1-3H3;3H2,1-2H3/t13-,15-,16-,17-,19-,20-,21-,22-;/m0./s1. The van der Waals surface area contributed by atoms with Crippen molar-refractivity contribution in [1.82, 2.24) is 0 Å². The van der Waals surface area contributed by atoms with E-state index in [0.29, 0.717) is 12.8 Å². The van der Waals surface area contributed by atoms with Gasteiger partial charge in [-0.15, -0.1) is 11.6 Å². The van der Waals surface area contributed by atoms with Crippen molar-refractivity contribution in [3.05, 3.63) is 23.8 Å². The summed E-state index contributed by atoms with van der Waals surface area (Å²) in [7, 11) is 0. The molecule has 0 spiro atoms. The summed E-state index contributed by atoms with van der Waals surface area (Å²) >= 11 is 5.83. The number of halogens is 2. The van der Waals surface area contributed by atoms with E-state index in [9.17, 15) is 15.0 Å². The molecule has 3 nitrogen and oxygen atoms in total. The maximum atomic E-state index is 16.9. The fourth-order valence-corrected chi connectivity index (χ4v) is 7.58. The lowest BCUT2D eigenvalue weighted by Gasteiger charge is -2.62. The summed E-state index contributed by atoms with van der Waals surface area (Å²) in [5.41, 5.74) is -4.01. The van der Waals surface area contributed by atoms with E-state index in [1.165, 1.54) is 6.42 Å². The van der Waals surface area contributed by atoms with Crippen LogP contribution in [0.2, 0.25) is 0 Å². The van der Waals surface area contributed by atoms with Crippen molar-refractivity contribution in [1.29, 1.82) is 0 Å². The Morgan fingerprint density at radius 3 is 2.53 bits per heavy atom. The average molecular weight is 441 g/mol. The Bertz CT molecular complexity index is 751. The van der Waals surface area contributed by atoms with Gasteiger partial charge in [0.15, 0.2) is 11.5 Å². The number of hydrogen-bond acceptors (Lipinski definition) is 3. The van der Waals surface area contributed by atoms with Gasteiger partial charge in [-0.2, -0.15) is 0 Å². The van der Waals surface area contributed by atoms with Crippen LogP contribution in [-0.2, 0) is 4.79 Å². The van der Waals surface area contributed by atoms with Crippen LogP contribution in [0.25, 0.3) is 0 Å². The molecule has 3 saturated carbocycles. The number of Topliss-reactive ketones (excluding diaryl/α,β-unsaturated/α-hetero) is 1. The van der Waals surface area contributed by atoms with Crippen molar-refractivity contribution in [2.45, 2.75) is 90.5 Å². The van der Waals surface area contributed by atoms with Crippen LogP contribution < -0.4 is 0 Å². The van der Waals surface area contributed by atoms with Gasteiger partial charge in [-0.05, 0) is 50.9 Å². The summed E-state index contributed by atoms with van der Waals surface area (Å²) in [6.07, 6.45) is 8.94. The molecular formula is C25H38ClFO3. The van der Waals surface area contributed by atoms with E-state index in [1.54, 1.807) is 0 Å². The van der Waals surface area contributed by atoms with E-state index in [0.717, 1.165) is 18.4 Å². The Labute approximate surface area is 185 Å². The van der Waals surface area contributed by atoms with E-state index in [1.807, 2.05) is 32.9 Å². The first-order valence-electron chi connectivity index (χ1n) is 11.5. The molecule has 0 amide bonds. The van der Waals surface area contributed by atoms with Gasteiger partial charge < -0.3 is 10.2 Å². The Morgan fingerprint density at radius 1 is 1.30 bits per heavy atom. The van der Waals surface area contributed by atoms with Gasteiger partial charge in [0.2, 0.25) is 0 Å². The van der Waals surface area contributed by atoms with Crippen molar-refractivity contribution < 1.29 is 19.4 Å². The molecule has 0 heterocycles. The zero-order valence-electron chi connectivity index (χ0n) is 19.0. The van der Waals surface area contributed by atoms with Gasteiger partial charge in [-0.1, -0.05) is 57.9 Å². The molecule has 0 aromatic carbocycles. The Kier molecular flexibility index (Phi) is 6.39. The molecule has 4 aliphatic carbocycles. The van der Waals surface area contributed by atoms with E-state index < -0.39 is 39.9 Å². The molecule has 8 atom stereocenters. The van der Waals surface area contributed by atoms with Crippen molar-refractivity contribution in [3.8, 4) is 0 Å². The molecule has 30 heavy (non-hydrogen) atoms. The van der Waals surface area contributed by atoms with Crippen LogP contribution >= 0.6 is 11.6 Å². The molecule has 0 saturated heterocycles. The van der Waals surface area contributed by atoms with E-state index in [-0.39, 0.29) is 24.1 Å². The fraction of sp³-hybridized carbons (Fsp3) is 0.800. The molecule has 4 aliphatic rings. The highest BCUT2D eigenvalue weighted by Crippen LogP contribution is 2.70. The molecule has 3 fully saturated rings. The third kappa shape index (κ3) is 2.85. The number of carbonyl (C=O) groups excluding carboxylic acids is 1. The van der Waals surface area contributed by atoms with E-state index in [4.69, 9.17) is 11.6 Å². The molecule has 0 aliphatic heterocycles. The first-order chi connectivity index (χ1) is 14.0. The third-order valence-electron chi connectivity index (χ3n) is 8.82. The van der Waals surface area contributed by atoms with E-state index in [2.05, 4.69) is 19.9 Å². The Balaban J connectivity index is 0.000000806. The average Bonchev–Trinajstić information content (AvgIpc) is 2.90. The zero-order valence-corrected chi connectivity index (χ0v) is 19.8. The van der Waals surface area contributed by atoms with E-state index >= 15 is 4.39 Å². The van der Waals surface area contributed by atoms with Crippen LogP contribution in [0.3, 0.4) is 0 Å². The highest BCUT2D eigenvalue weighted by Gasteiger charge is 2.75. The predicted octanol–water partition coefficient (Wildman–Crippen LogP) is 5.38. The summed E-state index contributed by atoms with van der Waals surface area (Å²) in [6.45, 7) is 9.87. The lowest BCUT2D eigenvalue weighted by atomic mass is 9.44. The maximum absolute atomic E-state index is 16.9. The number of alkyl halides is 2. The largest absolute Gasteiger partial charge is 0.390 e. The van der Waals surface area contributed by atoms with Crippen LogP contribution in [0.15, 0.2) is 23.8 Å². The highest BCUT2D eigenvalue weighted by atomic mass is 35.5. The minimum absolute atomic E-state index is 0.0743. The van der Waals surface area contributed by atoms with Crippen LogP contribution in [0.4, 0.5) is 4.39 Å². The molecule has 4 rings (SSSR count). The van der Waals surface area contributed by atoms with Crippen LogP contribution in [-0.4, -0.2) is 39.3 Å². The number of aliphatic hydroxyl groups excluding tert-OH is 1. The van der Waals surface area contributed by atoms with Crippen LogP contribution in [0.5, 0.6) is 0 Å². The molecule has 0 bridgehead atoms. The summed E-state index contributed by atoms with van der Waals surface area (Å²) in [4.78, 5) is 12.7. The van der Waals surface area contributed by atoms with Crippen molar-refractivity contribution in [2.75, 3.05) is 5.88 Å².